The Morgan fingerprint density at radius 3 is 2.61 bits per heavy atom. The Kier molecular flexibility index (Phi) is 3.23. The van der Waals surface area contributed by atoms with Crippen LogP contribution in [0.3, 0.4) is 0 Å². The molecule has 1 heterocycles. The van der Waals surface area contributed by atoms with Crippen LogP contribution in [-0.4, -0.2) is 16.3 Å². The number of carbonyl (C=O) groups is 1. The number of halogens is 1. The highest BCUT2D eigenvalue weighted by molar-refractivity contribution is 9.10. The maximum Gasteiger partial charge on any atom is 0.419 e. The van der Waals surface area contributed by atoms with Crippen LogP contribution < -0.4 is 0 Å². The van der Waals surface area contributed by atoms with E-state index in [4.69, 9.17) is 4.74 Å². The molecule has 1 aromatic carbocycles. The number of ether oxygens (including phenoxy) is 1. The van der Waals surface area contributed by atoms with Crippen LogP contribution in [0.4, 0.5) is 4.79 Å². The van der Waals surface area contributed by atoms with Crippen molar-refractivity contribution < 1.29 is 9.53 Å². The van der Waals surface area contributed by atoms with Crippen molar-refractivity contribution in [2.24, 2.45) is 0 Å². The normalized spacial score (nSPS) is 11.8. The molecular weight excluding hydrogens is 294 g/mol. The number of fused-ring (bicyclic) bond motifs is 1. The van der Waals surface area contributed by atoms with Crippen LogP contribution in [-0.2, 0) is 4.74 Å². The molecule has 0 amide bonds. The van der Waals surface area contributed by atoms with Crippen molar-refractivity contribution in [1.29, 1.82) is 0 Å². The molecule has 0 aliphatic heterocycles. The standard InChI is InChI=1S/C14H16BrNO2/c1-9-7-10-5-6-16(12(10)11(15)8-9)13(17)18-14(2,3)4/h5-8H,1-4H3. The molecule has 0 saturated carbocycles. The van der Waals surface area contributed by atoms with Crippen LogP contribution in [0, 0.1) is 6.92 Å². The Bertz CT molecular complexity index is 608. The molecular formula is C14H16BrNO2. The number of aryl methyl sites for hydroxylation is 1. The first-order valence-corrected chi connectivity index (χ1v) is 6.58. The smallest absolute Gasteiger partial charge is 0.419 e. The molecule has 1 aromatic heterocycles. The van der Waals surface area contributed by atoms with E-state index in [2.05, 4.69) is 15.9 Å². The summed E-state index contributed by atoms with van der Waals surface area (Å²) < 4.78 is 7.81. The minimum atomic E-state index is -0.495. The van der Waals surface area contributed by atoms with E-state index in [0.717, 1.165) is 20.9 Å². The number of nitrogens with zero attached hydrogens (tertiary/aromatic N) is 1. The molecule has 3 nitrogen and oxygen atoms in total. The number of hydrogen-bond donors (Lipinski definition) is 0. The quantitative estimate of drug-likeness (QED) is 0.717. The number of benzene rings is 1. The predicted octanol–water partition coefficient (Wildman–Crippen LogP) is 4.50. The first-order chi connectivity index (χ1) is 8.28. The molecule has 0 radical (unpaired) electrons. The van der Waals surface area contributed by atoms with Gasteiger partial charge in [-0.25, -0.2) is 4.79 Å². The van der Waals surface area contributed by atoms with Gasteiger partial charge in [-0.1, -0.05) is 0 Å². The average molecular weight is 310 g/mol. The van der Waals surface area contributed by atoms with Crippen molar-refractivity contribution in [3.8, 4) is 0 Å². The fraction of sp³-hybridized carbons (Fsp3) is 0.357. The number of hydrogen-bond acceptors (Lipinski definition) is 2. The number of aromatic nitrogens is 1. The Morgan fingerprint density at radius 1 is 1.33 bits per heavy atom. The highest BCUT2D eigenvalue weighted by Gasteiger charge is 2.19. The first-order valence-electron chi connectivity index (χ1n) is 5.78. The zero-order chi connectivity index (χ0) is 13.5. The van der Waals surface area contributed by atoms with Gasteiger partial charge >= 0.3 is 6.09 Å². The van der Waals surface area contributed by atoms with Crippen molar-refractivity contribution >= 4 is 32.9 Å². The monoisotopic (exact) mass is 309 g/mol. The van der Waals surface area contributed by atoms with E-state index in [1.807, 2.05) is 45.9 Å². The summed E-state index contributed by atoms with van der Waals surface area (Å²) in [6, 6.07) is 5.95. The van der Waals surface area contributed by atoms with E-state index in [1.165, 1.54) is 4.57 Å². The van der Waals surface area contributed by atoms with E-state index in [0.29, 0.717) is 0 Å². The van der Waals surface area contributed by atoms with Crippen molar-refractivity contribution in [2.75, 3.05) is 0 Å². The maximum absolute atomic E-state index is 12.1. The van der Waals surface area contributed by atoms with Gasteiger partial charge in [0, 0.05) is 16.1 Å². The molecule has 2 rings (SSSR count). The lowest BCUT2D eigenvalue weighted by molar-refractivity contribution is 0.0544. The van der Waals surface area contributed by atoms with E-state index in [-0.39, 0.29) is 6.09 Å². The Labute approximate surface area is 115 Å². The largest absolute Gasteiger partial charge is 0.443 e. The zero-order valence-electron chi connectivity index (χ0n) is 11.0. The summed E-state index contributed by atoms with van der Waals surface area (Å²) >= 11 is 3.50. The second kappa shape index (κ2) is 4.43. The molecule has 0 aliphatic rings. The van der Waals surface area contributed by atoms with Crippen LogP contribution >= 0.6 is 15.9 Å². The van der Waals surface area contributed by atoms with Crippen LogP contribution in [0.15, 0.2) is 28.9 Å². The topological polar surface area (TPSA) is 31.2 Å². The van der Waals surface area contributed by atoms with Crippen LogP contribution in [0.2, 0.25) is 0 Å². The minimum Gasteiger partial charge on any atom is -0.443 e. The SMILES string of the molecule is Cc1cc(Br)c2c(ccn2C(=O)OC(C)(C)C)c1. The molecule has 0 fully saturated rings. The van der Waals surface area contributed by atoms with Crippen molar-refractivity contribution in [2.45, 2.75) is 33.3 Å². The van der Waals surface area contributed by atoms with Gasteiger partial charge in [-0.05, 0) is 67.4 Å². The van der Waals surface area contributed by atoms with Gasteiger partial charge in [-0.3, -0.25) is 4.57 Å². The second-order valence-corrected chi connectivity index (χ2v) is 6.20. The lowest BCUT2D eigenvalue weighted by atomic mass is 10.2. The number of carbonyl (C=O) groups excluding carboxylic acids is 1. The highest BCUT2D eigenvalue weighted by atomic mass is 79.9. The molecule has 2 aromatic rings. The predicted molar refractivity (Wildman–Crippen MR) is 76.0 cm³/mol. The summed E-state index contributed by atoms with van der Waals surface area (Å²) in [5.41, 5.74) is 1.50. The van der Waals surface area contributed by atoms with Gasteiger partial charge in [0.25, 0.3) is 0 Å². The first kappa shape index (κ1) is 13.1. The van der Waals surface area contributed by atoms with Gasteiger partial charge in [-0.15, -0.1) is 0 Å². The van der Waals surface area contributed by atoms with Crippen LogP contribution in [0.1, 0.15) is 26.3 Å². The third kappa shape index (κ3) is 2.58. The van der Waals surface area contributed by atoms with Crippen LogP contribution in [0.5, 0.6) is 0 Å². The minimum absolute atomic E-state index is 0.359. The average Bonchev–Trinajstić information content (AvgIpc) is 2.58. The molecule has 0 bridgehead atoms. The third-order valence-electron chi connectivity index (χ3n) is 2.47. The van der Waals surface area contributed by atoms with Gasteiger partial charge in [0.2, 0.25) is 0 Å². The summed E-state index contributed by atoms with van der Waals surface area (Å²) in [4.78, 5) is 12.1. The second-order valence-electron chi connectivity index (χ2n) is 5.35. The summed E-state index contributed by atoms with van der Waals surface area (Å²) in [5, 5.41) is 1.02. The van der Waals surface area contributed by atoms with Crippen LogP contribution in [0.25, 0.3) is 10.9 Å². The van der Waals surface area contributed by atoms with Crippen molar-refractivity contribution in [1.82, 2.24) is 4.57 Å². The van der Waals surface area contributed by atoms with Gasteiger partial charge in [0.1, 0.15) is 5.60 Å². The Balaban J connectivity index is 2.50. The summed E-state index contributed by atoms with van der Waals surface area (Å²) in [6.07, 6.45) is 1.38. The van der Waals surface area contributed by atoms with Gasteiger partial charge < -0.3 is 4.74 Å². The third-order valence-corrected chi connectivity index (χ3v) is 3.08. The molecule has 18 heavy (non-hydrogen) atoms. The van der Waals surface area contributed by atoms with Crippen molar-refractivity contribution in [3.63, 3.8) is 0 Å². The van der Waals surface area contributed by atoms with Gasteiger partial charge in [-0.2, -0.15) is 0 Å². The molecule has 4 heteroatoms. The lowest BCUT2D eigenvalue weighted by Gasteiger charge is -2.20. The fourth-order valence-corrected chi connectivity index (χ4v) is 2.62. The molecule has 96 valence electrons. The Morgan fingerprint density at radius 2 is 2.00 bits per heavy atom. The molecule has 0 saturated heterocycles. The highest BCUT2D eigenvalue weighted by Crippen LogP contribution is 2.27. The van der Waals surface area contributed by atoms with E-state index in [1.54, 1.807) is 6.20 Å². The van der Waals surface area contributed by atoms with E-state index >= 15 is 0 Å². The Hall–Kier alpha value is -1.29. The van der Waals surface area contributed by atoms with Gasteiger partial charge in [0.05, 0.1) is 5.52 Å². The van der Waals surface area contributed by atoms with E-state index < -0.39 is 5.60 Å². The summed E-state index contributed by atoms with van der Waals surface area (Å²) in [7, 11) is 0. The van der Waals surface area contributed by atoms with E-state index in [9.17, 15) is 4.79 Å². The lowest BCUT2D eigenvalue weighted by Crippen LogP contribution is -2.26. The fourth-order valence-electron chi connectivity index (χ4n) is 1.84. The maximum atomic E-state index is 12.1. The number of rotatable bonds is 0. The summed E-state index contributed by atoms with van der Waals surface area (Å²) in [6.45, 7) is 7.59. The molecule has 0 spiro atoms. The molecule has 0 aliphatic carbocycles. The summed E-state index contributed by atoms with van der Waals surface area (Å²) in [5.74, 6) is 0. The zero-order valence-corrected chi connectivity index (χ0v) is 12.5. The molecule has 0 unspecified atom stereocenters. The molecule has 0 N–H and O–H groups in total. The van der Waals surface area contributed by atoms with Crippen molar-refractivity contribution in [3.05, 3.63) is 34.4 Å². The molecule has 0 atom stereocenters. The van der Waals surface area contributed by atoms with Gasteiger partial charge in [0.15, 0.2) is 0 Å².